The van der Waals surface area contributed by atoms with Crippen LogP contribution in [0.25, 0.3) is 0 Å². The lowest BCUT2D eigenvalue weighted by molar-refractivity contribution is -0.143. The third-order valence-electron chi connectivity index (χ3n) is 5.72. The van der Waals surface area contributed by atoms with Crippen LogP contribution < -0.4 is 0 Å². The number of carbonyl (C=O) groups excluding carboxylic acids is 1. The first kappa shape index (κ1) is 27.3. The Morgan fingerprint density at radius 2 is 1.39 bits per heavy atom. The van der Waals surface area contributed by atoms with Crippen LogP contribution in [0.3, 0.4) is 0 Å². The highest BCUT2D eigenvalue weighted by Crippen LogP contribution is 2.40. The van der Waals surface area contributed by atoms with Gasteiger partial charge in [0.1, 0.15) is 5.75 Å². The van der Waals surface area contributed by atoms with Crippen molar-refractivity contribution in [3.8, 4) is 5.75 Å². The average Bonchev–Trinajstić information content (AvgIpc) is 2.66. The lowest BCUT2D eigenvalue weighted by Crippen LogP contribution is -2.18. The number of phenols is 1. The molecule has 0 bridgehead atoms. The summed E-state index contributed by atoms with van der Waals surface area (Å²) in [6, 6.07) is 4.10. The molecular formula is C28H46O3. The van der Waals surface area contributed by atoms with Gasteiger partial charge in [-0.2, -0.15) is 0 Å². The summed E-state index contributed by atoms with van der Waals surface area (Å²) >= 11 is 0. The van der Waals surface area contributed by atoms with Gasteiger partial charge in [0.25, 0.3) is 0 Å². The predicted molar refractivity (Wildman–Crippen MR) is 132 cm³/mol. The maximum atomic E-state index is 12.2. The summed E-state index contributed by atoms with van der Waals surface area (Å²) in [6.45, 7) is 16.9. The molecule has 1 aromatic rings. The highest BCUT2D eigenvalue weighted by Gasteiger charge is 2.26. The van der Waals surface area contributed by atoms with E-state index in [1.165, 1.54) is 32.1 Å². The number of rotatable bonds is 13. The molecular weight excluding hydrogens is 384 g/mol. The number of carbonyl (C=O) groups is 1. The van der Waals surface area contributed by atoms with E-state index in [0.29, 0.717) is 25.2 Å². The molecule has 0 amide bonds. The molecule has 0 saturated carbocycles. The zero-order valence-corrected chi connectivity index (χ0v) is 21.0. The molecule has 3 heteroatoms. The molecule has 0 aliphatic rings. The zero-order chi connectivity index (χ0) is 23.5. The Hall–Kier alpha value is -1.77. The Morgan fingerprint density at radius 1 is 0.903 bits per heavy atom. The van der Waals surface area contributed by atoms with Gasteiger partial charge in [-0.15, -0.1) is 6.58 Å². The van der Waals surface area contributed by atoms with Crippen molar-refractivity contribution in [2.24, 2.45) is 0 Å². The Morgan fingerprint density at radius 3 is 1.87 bits per heavy atom. The van der Waals surface area contributed by atoms with Crippen molar-refractivity contribution in [3.63, 3.8) is 0 Å². The van der Waals surface area contributed by atoms with Crippen LogP contribution in [0.15, 0.2) is 24.8 Å². The molecule has 0 spiro atoms. The van der Waals surface area contributed by atoms with Gasteiger partial charge in [-0.1, -0.05) is 91.9 Å². The van der Waals surface area contributed by atoms with Crippen LogP contribution in [0, 0.1) is 0 Å². The maximum absolute atomic E-state index is 12.2. The number of benzene rings is 1. The standard InChI is InChI=1S/C28H46O3/c1-8-9-10-11-12-13-14-15-16-19-31-25(29)18-17-22-20-23(27(2,3)4)26(30)24(21-22)28(5,6)7/h8,20-21,30H,1,9-19H2,2-7H3. The number of unbranched alkanes of at least 4 members (excludes halogenated alkanes) is 7. The Balaban J connectivity index is 2.45. The van der Waals surface area contributed by atoms with Crippen molar-refractivity contribution in [1.29, 1.82) is 0 Å². The van der Waals surface area contributed by atoms with Crippen LogP contribution in [0.4, 0.5) is 0 Å². The number of allylic oxidation sites excluding steroid dienone is 1. The molecule has 0 radical (unpaired) electrons. The van der Waals surface area contributed by atoms with Crippen LogP contribution in [0.5, 0.6) is 5.75 Å². The van der Waals surface area contributed by atoms with E-state index in [4.69, 9.17) is 4.74 Å². The minimum absolute atomic E-state index is 0.132. The molecule has 0 unspecified atom stereocenters. The Kier molecular flexibility index (Phi) is 11.4. The number of hydrogen-bond donors (Lipinski definition) is 1. The minimum atomic E-state index is -0.160. The molecule has 31 heavy (non-hydrogen) atoms. The molecule has 3 nitrogen and oxygen atoms in total. The molecule has 0 fully saturated rings. The van der Waals surface area contributed by atoms with Crippen molar-refractivity contribution >= 4 is 5.97 Å². The van der Waals surface area contributed by atoms with Crippen LogP contribution in [-0.4, -0.2) is 17.7 Å². The predicted octanol–water partition coefficient (Wildman–Crippen LogP) is 7.77. The number of ether oxygens (including phenoxy) is 1. The van der Waals surface area contributed by atoms with Crippen molar-refractivity contribution in [3.05, 3.63) is 41.5 Å². The number of aryl methyl sites for hydroxylation is 1. The van der Waals surface area contributed by atoms with Gasteiger partial charge < -0.3 is 9.84 Å². The van der Waals surface area contributed by atoms with E-state index in [9.17, 15) is 9.90 Å². The highest BCUT2D eigenvalue weighted by atomic mass is 16.5. The second-order valence-electron chi connectivity index (χ2n) is 10.8. The summed E-state index contributed by atoms with van der Waals surface area (Å²) in [5, 5.41) is 10.8. The lowest BCUT2D eigenvalue weighted by atomic mass is 9.78. The monoisotopic (exact) mass is 430 g/mol. The maximum Gasteiger partial charge on any atom is 0.306 e. The molecule has 1 aromatic carbocycles. The van der Waals surface area contributed by atoms with E-state index >= 15 is 0 Å². The van der Waals surface area contributed by atoms with Gasteiger partial charge in [0.05, 0.1) is 6.61 Å². The fraction of sp³-hybridized carbons (Fsp3) is 0.679. The number of esters is 1. The first-order valence-electron chi connectivity index (χ1n) is 12.1. The summed E-state index contributed by atoms with van der Waals surface area (Å²) in [4.78, 5) is 12.2. The Labute approximate surface area is 191 Å². The second kappa shape index (κ2) is 12.9. The zero-order valence-electron chi connectivity index (χ0n) is 21.0. The molecule has 0 aromatic heterocycles. The van der Waals surface area contributed by atoms with Crippen LogP contribution in [0.2, 0.25) is 0 Å². The molecule has 0 atom stereocenters. The van der Waals surface area contributed by atoms with E-state index in [1.54, 1.807) is 0 Å². The van der Waals surface area contributed by atoms with Crippen molar-refractivity contribution in [2.75, 3.05) is 6.61 Å². The van der Waals surface area contributed by atoms with Crippen LogP contribution >= 0.6 is 0 Å². The van der Waals surface area contributed by atoms with E-state index in [2.05, 4.69) is 48.1 Å². The van der Waals surface area contributed by atoms with Crippen LogP contribution in [0.1, 0.15) is 116 Å². The largest absolute Gasteiger partial charge is 0.507 e. The average molecular weight is 431 g/mol. The lowest BCUT2D eigenvalue weighted by Gasteiger charge is -2.28. The van der Waals surface area contributed by atoms with Crippen molar-refractivity contribution in [2.45, 2.75) is 117 Å². The van der Waals surface area contributed by atoms with Gasteiger partial charge >= 0.3 is 5.97 Å². The molecule has 0 aliphatic carbocycles. The van der Waals surface area contributed by atoms with Gasteiger partial charge in [-0.3, -0.25) is 4.79 Å². The number of phenolic OH excluding ortho intramolecular Hbond substituents is 1. The first-order valence-corrected chi connectivity index (χ1v) is 12.1. The smallest absolute Gasteiger partial charge is 0.306 e. The van der Waals surface area contributed by atoms with Gasteiger partial charge in [0, 0.05) is 6.42 Å². The first-order chi connectivity index (χ1) is 14.5. The van der Waals surface area contributed by atoms with Gasteiger partial charge in [0.15, 0.2) is 0 Å². The summed E-state index contributed by atoms with van der Waals surface area (Å²) in [6.07, 6.45) is 12.5. The van der Waals surface area contributed by atoms with E-state index in [1.807, 2.05) is 18.2 Å². The summed E-state index contributed by atoms with van der Waals surface area (Å²) in [5.41, 5.74) is 2.64. The third kappa shape index (κ3) is 10.4. The van der Waals surface area contributed by atoms with E-state index in [-0.39, 0.29) is 16.8 Å². The van der Waals surface area contributed by atoms with Gasteiger partial charge in [-0.25, -0.2) is 0 Å². The molecule has 0 saturated heterocycles. The fourth-order valence-corrected chi connectivity index (χ4v) is 3.76. The topological polar surface area (TPSA) is 46.5 Å². The van der Waals surface area contributed by atoms with Crippen molar-refractivity contribution in [1.82, 2.24) is 0 Å². The SMILES string of the molecule is C=CCCCCCCCCCOC(=O)CCc1cc(C(C)(C)C)c(O)c(C(C)(C)C)c1. The fourth-order valence-electron chi connectivity index (χ4n) is 3.76. The highest BCUT2D eigenvalue weighted by molar-refractivity contribution is 5.69. The summed E-state index contributed by atoms with van der Waals surface area (Å²) in [7, 11) is 0. The quantitative estimate of drug-likeness (QED) is 0.197. The normalized spacial score (nSPS) is 12.1. The van der Waals surface area contributed by atoms with Gasteiger partial charge in [-0.05, 0) is 53.2 Å². The Bertz CT molecular complexity index is 654. The van der Waals surface area contributed by atoms with E-state index < -0.39 is 0 Å². The minimum Gasteiger partial charge on any atom is -0.507 e. The summed E-state index contributed by atoms with van der Waals surface area (Å²) < 4.78 is 5.44. The molecule has 1 N–H and O–H groups in total. The molecule has 176 valence electrons. The third-order valence-corrected chi connectivity index (χ3v) is 5.72. The molecule has 0 heterocycles. The van der Waals surface area contributed by atoms with E-state index in [0.717, 1.165) is 36.0 Å². The number of hydrogen-bond acceptors (Lipinski definition) is 3. The molecule has 0 aliphatic heterocycles. The molecule has 1 rings (SSSR count). The second-order valence-corrected chi connectivity index (χ2v) is 10.8. The van der Waals surface area contributed by atoms with Gasteiger partial charge in [0.2, 0.25) is 0 Å². The number of aromatic hydroxyl groups is 1. The summed E-state index contributed by atoms with van der Waals surface area (Å²) in [5.74, 6) is 0.249. The van der Waals surface area contributed by atoms with Crippen molar-refractivity contribution < 1.29 is 14.6 Å². The van der Waals surface area contributed by atoms with Crippen LogP contribution in [-0.2, 0) is 26.8 Å².